The van der Waals surface area contributed by atoms with Gasteiger partial charge in [-0.1, -0.05) is 17.2 Å². The van der Waals surface area contributed by atoms with Gasteiger partial charge >= 0.3 is 0 Å². The summed E-state index contributed by atoms with van der Waals surface area (Å²) in [5.74, 6) is -0.158. The fourth-order valence-electron chi connectivity index (χ4n) is 0.823. The quantitative estimate of drug-likeness (QED) is 0.277. The zero-order valence-corrected chi connectivity index (χ0v) is 8.80. The van der Waals surface area contributed by atoms with Gasteiger partial charge < -0.3 is 0 Å². The number of hydrogen-bond donors (Lipinski definition) is 0. The van der Waals surface area contributed by atoms with Gasteiger partial charge in [-0.25, -0.2) is 0 Å². The Labute approximate surface area is 88.7 Å². The summed E-state index contributed by atoms with van der Waals surface area (Å²) in [6, 6.07) is 7.11. The molecule has 0 atom stereocenters. The molecule has 0 heterocycles. The van der Waals surface area contributed by atoms with E-state index in [1.54, 1.807) is 12.1 Å². The predicted octanol–water partition coefficient (Wildman–Crippen LogP) is 2.78. The Morgan fingerprint density at radius 3 is 2.62 bits per heavy atom. The zero-order valence-electron chi connectivity index (χ0n) is 6.64. The van der Waals surface area contributed by atoms with E-state index in [1.807, 2.05) is 12.1 Å². The van der Waals surface area contributed by atoms with Gasteiger partial charge in [0.15, 0.2) is 5.78 Å². The lowest BCUT2D eigenvalue weighted by Crippen LogP contribution is -2.01. The van der Waals surface area contributed by atoms with Crippen LogP contribution in [0, 0.1) is 3.57 Å². The fourth-order valence-corrected chi connectivity index (χ4v) is 1.18. The van der Waals surface area contributed by atoms with Crippen molar-refractivity contribution in [3.8, 4) is 0 Å². The molecule has 0 bridgehead atoms. The van der Waals surface area contributed by atoms with Crippen molar-refractivity contribution >= 4 is 28.4 Å². The number of carbonyl (C=O) groups excluding carboxylic acids is 1. The van der Waals surface area contributed by atoms with Gasteiger partial charge in [0.25, 0.3) is 0 Å². The first kappa shape index (κ1) is 10.0. The highest BCUT2D eigenvalue weighted by atomic mass is 127. The van der Waals surface area contributed by atoms with E-state index in [2.05, 4.69) is 32.6 Å². The second-order valence-corrected chi connectivity index (χ2v) is 3.56. The van der Waals surface area contributed by atoms with E-state index >= 15 is 0 Å². The largest absolute Gasteiger partial charge is 0.294 e. The Bertz CT molecular complexity index is 354. The number of azide groups is 1. The molecule has 0 saturated carbocycles. The summed E-state index contributed by atoms with van der Waals surface area (Å²) < 4.78 is 1.07. The minimum absolute atomic E-state index is 0.114. The molecule has 0 aliphatic rings. The SMILES string of the molecule is [N-]=[N+]=NCC(=O)c1ccc(I)cc1. The normalized spacial score (nSPS) is 9.00. The summed E-state index contributed by atoms with van der Waals surface area (Å²) in [5.41, 5.74) is 8.59. The second kappa shape index (κ2) is 4.84. The van der Waals surface area contributed by atoms with Gasteiger partial charge in [-0.05, 0) is 40.3 Å². The molecule has 1 rings (SSSR count). The van der Waals surface area contributed by atoms with Crippen molar-refractivity contribution in [1.29, 1.82) is 0 Å². The van der Waals surface area contributed by atoms with Crippen LogP contribution < -0.4 is 0 Å². The maximum absolute atomic E-state index is 11.2. The maximum atomic E-state index is 11.2. The molecular formula is C8H6IN3O. The Morgan fingerprint density at radius 2 is 2.08 bits per heavy atom. The number of benzene rings is 1. The van der Waals surface area contributed by atoms with Crippen LogP contribution in [0.3, 0.4) is 0 Å². The Hall–Kier alpha value is -1.07. The first-order valence-electron chi connectivity index (χ1n) is 3.53. The van der Waals surface area contributed by atoms with Gasteiger partial charge in [-0.3, -0.25) is 4.79 Å². The topological polar surface area (TPSA) is 65.8 Å². The average molecular weight is 287 g/mol. The molecule has 66 valence electrons. The number of hydrogen-bond acceptors (Lipinski definition) is 2. The van der Waals surface area contributed by atoms with E-state index in [0.29, 0.717) is 5.56 Å². The molecule has 0 spiro atoms. The molecule has 0 aliphatic heterocycles. The zero-order chi connectivity index (χ0) is 9.68. The molecule has 0 aliphatic carbocycles. The van der Waals surface area contributed by atoms with Gasteiger partial charge in [-0.15, -0.1) is 0 Å². The minimum Gasteiger partial charge on any atom is -0.294 e. The summed E-state index contributed by atoms with van der Waals surface area (Å²) >= 11 is 2.16. The standard InChI is InChI=1S/C8H6IN3O/c9-7-3-1-6(2-4-7)8(13)5-11-12-10/h1-4H,5H2. The molecule has 1 aromatic rings. The van der Waals surface area contributed by atoms with E-state index in [9.17, 15) is 4.79 Å². The fraction of sp³-hybridized carbons (Fsp3) is 0.125. The second-order valence-electron chi connectivity index (χ2n) is 2.32. The molecule has 0 unspecified atom stereocenters. The van der Waals surface area contributed by atoms with E-state index in [4.69, 9.17) is 5.53 Å². The third-order valence-electron chi connectivity index (χ3n) is 1.44. The summed E-state index contributed by atoms with van der Waals surface area (Å²) in [4.78, 5) is 13.8. The van der Waals surface area contributed by atoms with Crippen molar-refractivity contribution in [2.24, 2.45) is 5.11 Å². The van der Waals surface area contributed by atoms with E-state index in [0.717, 1.165) is 3.57 Å². The number of halogens is 1. The van der Waals surface area contributed by atoms with Crippen LogP contribution in [0.4, 0.5) is 0 Å². The molecule has 5 heteroatoms. The van der Waals surface area contributed by atoms with Crippen molar-refractivity contribution < 1.29 is 4.79 Å². The molecular weight excluding hydrogens is 281 g/mol. The first-order valence-corrected chi connectivity index (χ1v) is 4.61. The predicted molar refractivity (Wildman–Crippen MR) is 57.5 cm³/mol. The van der Waals surface area contributed by atoms with E-state index in [-0.39, 0.29) is 12.3 Å². The van der Waals surface area contributed by atoms with Crippen molar-refractivity contribution in [2.75, 3.05) is 6.54 Å². The molecule has 0 saturated heterocycles. The highest BCUT2D eigenvalue weighted by molar-refractivity contribution is 14.1. The Kier molecular flexibility index (Phi) is 3.72. The van der Waals surface area contributed by atoms with Crippen molar-refractivity contribution in [3.63, 3.8) is 0 Å². The highest BCUT2D eigenvalue weighted by Crippen LogP contribution is 2.07. The van der Waals surface area contributed by atoms with E-state index in [1.165, 1.54) is 0 Å². The third kappa shape index (κ3) is 3.04. The summed E-state index contributed by atoms with van der Waals surface area (Å²) in [7, 11) is 0. The Morgan fingerprint density at radius 1 is 1.46 bits per heavy atom. The number of ketones is 1. The lowest BCUT2D eigenvalue weighted by Gasteiger charge is -1.96. The monoisotopic (exact) mass is 287 g/mol. The lowest BCUT2D eigenvalue weighted by molar-refractivity contribution is 0.100. The van der Waals surface area contributed by atoms with Crippen LogP contribution in [0.1, 0.15) is 10.4 Å². The molecule has 0 amide bonds. The van der Waals surface area contributed by atoms with Gasteiger partial charge in [0, 0.05) is 14.0 Å². The summed E-state index contributed by atoms with van der Waals surface area (Å²) in [6.07, 6.45) is 0. The molecule has 1 aromatic carbocycles. The van der Waals surface area contributed by atoms with Gasteiger partial charge in [-0.2, -0.15) is 0 Å². The van der Waals surface area contributed by atoms with Crippen LogP contribution in [-0.2, 0) is 0 Å². The molecule has 4 nitrogen and oxygen atoms in total. The molecule has 0 N–H and O–H groups in total. The van der Waals surface area contributed by atoms with Crippen LogP contribution in [0.15, 0.2) is 29.4 Å². The number of rotatable bonds is 3. The molecule has 0 aromatic heterocycles. The van der Waals surface area contributed by atoms with Gasteiger partial charge in [0.05, 0.1) is 6.54 Å². The molecule has 0 radical (unpaired) electrons. The van der Waals surface area contributed by atoms with Crippen LogP contribution in [0.2, 0.25) is 0 Å². The van der Waals surface area contributed by atoms with Crippen LogP contribution in [0.5, 0.6) is 0 Å². The number of carbonyl (C=O) groups is 1. The highest BCUT2D eigenvalue weighted by Gasteiger charge is 2.02. The van der Waals surface area contributed by atoms with Crippen LogP contribution in [0.25, 0.3) is 10.4 Å². The maximum Gasteiger partial charge on any atom is 0.168 e. The Balaban J connectivity index is 2.77. The average Bonchev–Trinajstić information content (AvgIpc) is 2.15. The first-order chi connectivity index (χ1) is 6.24. The van der Waals surface area contributed by atoms with Gasteiger partial charge in [0.2, 0.25) is 0 Å². The molecule has 13 heavy (non-hydrogen) atoms. The number of Topliss-reactive ketones (excluding diaryl/α,β-unsaturated/α-hetero) is 1. The number of nitrogens with zero attached hydrogens (tertiary/aromatic N) is 3. The molecule has 0 fully saturated rings. The van der Waals surface area contributed by atoms with E-state index < -0.39 is 0 Å². The van der Waals surface area contributed by atoms with Gasteiger partial charge in [0.1, 0.15) is 0 Å². The third-order valence-corrected chi connectivity index (χ3v) is 2.16. The summed E-state index contributed by atoms with van der Waals surface area (Å²) in [6.45, 7) is -0.114. The minimum atomic E-state index is -0.158. The van der Waals surface area contributed by atoms with Crippen molar-refractivity contribution in [3.05, 3.63) is 43.8 Å². The smallest absolute Gasteiger partial charge is 0.168 e. The van der Waals surface area contributed by atoms with Crippen molar-refractivity contribution in [1.82, 2.24) is 0 Å². The summed E-state index contributed by atoms with van der Waals surface area (Å²) in [5, 5.41) is 3.20. The van der Waals surface area contributed by atoms with Crippen molar-refractivity contribution in [2.45, 2.75) is 0 Å². The lowest BCUT2D eigenvalue weighted by atomic mass is 10.1. The van der Waals surface area contributed by atoms with Crippen LogP contribution >= 0.6 is 22.6 Å². The van der Waals surface area contributed by atoms with Crippen LogP contribution in [-0.4, -0.2) is 12.3 Å².